The maximum atomic E-state index is 12.0. The highest BCUT2D eigenvalue weighted by molar-refractivity contribution is 6.33. The smallest absolute Gasteiger partial charge is 0.253 e. The van der Waals surface area contributed by atoms with E-state index in [0.717, 1.165) is 18.5 Å². The molecule has 0 saturated heterocycles. The molecule has 1 aromatic heterocycles. The summed E-state index contributed by atoms with van der Waals surface area (Å²) in [5.41, 5.74) is 1.29. The highest BCUT2D eigenvalue weighted by Crippen LogP contribution is 2.23. The first-order valence-corrected chi connectivity index (χ1v) is 6.07. The summed E-state index contributed by atoms with van der Waals surface area (Å²) >= 11 is 6.05. The third kappa shape index (κ3) is 2.22. The minimum Gasteiger partial charge on any atom is -0.349 e. The maximum Gasteiger partial charge on any atom is 0.253 e. The lowest BCUT2D eigenvalue weighted by atomic mass is 10.2. The van der Waals surface area contributed by atoms with Crippen LogP contribution in [-0.2, 0) is 0 Å². The van der Waals surface area contributed by atoms with Gasteiger partial charge in [-0.05, 0) is 31.0 Å². The highest BCUT2D eigenvalue weighted by Gasteiger charge is 2.24. The van der Waals surface area contributed by atoms with Crippen molar-refractivity contribution < 1.29 is 4.79 Å². The minimum absolute atomic E-state index is 0.127. The van der Waals surface area contributed by atoms with Crippen LogP contribution in [0.3, 0.4) is 0 Å². The van der Waals surface area contributed by atoms with Gasteiger partial charge >= 0.3 is 0 Å². The Hall–Kier alpha value is -1.88. The van der Waals surface area contributed by atoms with E-state index >= 15 is 0 Å². The molecule has 0 unspecified atom stereocenters. The van der Waals surface area contributed by atoms with Gasteiger partial charge in [0.25, 0.3) is 5.91 Å². The number of halogens is 1. The molecule has 1 N–H and O–H groups in total. The number of benzene rings is 1. The van der Waals surface area contributed by atoms with E-state index in [2.05, 4.69) is 15.5 Å². The maximum absolute atomic E-state index is 12.0. The Kier molecular flexibility index (Phi) is 2.76. The van der Waals surface area contributed by atoms with Gasteiger partial charge in [0.1, 0.15) is 12.7 Å². The van der Waals surface area contributed by atoms with Crippen molar-refractivity contribution in [2.75, 3.05) is 0 Å². The Morgan fingerprint density at radius 2 is 2.06 bits per heavy atom. The van der Waals surface area contributed by atoms with Gasteiger partial charge < -0.3 is 5.32 Å². The van der Waals surface area contributed by atoms with Gasteiger partial charge in [0.05, 0.1) is 10.6 Å². The number of amides is 1. The molecule has 1 aliphatic rings. The Bertz CT molecular complexity index is 578. The van der Waals surface area contributed by atoms with Gasteiger partial charge in [0.2, 0.25) is 0 Å². The minimum atomic E-state index is -0.127. The van der Waals surface area contributed by atoms with Gasteiger partial charge in [-0.3, -0.25) is 9.36 Å². The van der Waals surface area contributed by atoms with Crippen molar-refractivity contribution >= 4 is 17.5 Å². The first-order valence-electron chi connectivity index (χ1n) is 5.69. The van der Waals surface area contributed by atoms with E-state index in [4.69, 9.17) is 11.6 Å². The second-order valence-electron chi connectivity index (χ2n) is 4.28. The molecule has 1 fully saturated rings. The van der Waals surface area contributed by atoms with Crippen LogP contribution < -0.4 is 5.32 Å². The van der Waals surface area contributed by atoms with Crippen molar-refractivity contribution in [1.29, 1.82) is 0 Å². The lowest BCUT2D eigenvalue weighted by molar-refractivity contribution is 0.0951. The van der Waals surface area contributed by atoms with E-state index in [-0.39, 0.29) is 5.91 Å². The van der Waals surface area contributed by atoms with Gasteiger partial charge in [-0.2, -0.15) is 0 Å². The number of hydrogen-bond donors (Lipinski definition) is 1. The molecule has 18 heavy (non-hydrogen) atoms. The summed E-state index contributed by atoms with van der Waals surface area (Å²) in [6.45, 7) is 0. The van der Waals surface area contributed by atoms with Crippen molar-refractivity contribution in [1.82, 2.24) is 20.1 Å². The number of aromatic nitrogens is 3. The molecule has 1 heterocycles. The summed E-state index contributed by atoms with van der Waals surface area (Å²) in [6, 6.07) is 5.58. The molecule has 1 saturated carbocycles. The molecule has 0 atom stereocenters. The van der Waals surface area contributed by atoms with Crippen LogP contribution in [0.25, 0.3) is 5.69 Å². The molecule has 3 rings (SSSR count). The molecule has 1 amide bonds. The highest BCUT2D eigenvalue weighted by atomic mass is 35.5. The summed E-state index contributed by atoms with van der Waals surface area (Å²) in [7, 11) is 0. The van der Waals surface area contributed by atoms with Gasteiger partial charge in [0, 0.05) is 11.7 Å². The molecule has 0 bridgehead atoms. The van der Waals surface area contributed by atoms with Crippen LogP contribution in [0.2, 0.25) is 5.02 Å². The standard InChI is InChI=1S/C12H11ClN4O/c13-11-4-3-9(17-6-14-15-7-17)5-10(11)12(18)16-8-1-2-8/h3-8H,1-2H2,(H,16,18). The van der Waals surface area contributed by atoms with Crippen LogP contribution in [0.5, 0.6) is 0 Å². The molecule has 2 aromatic rings. The molecular weight excluding hydrogens is 252 g/mol. The first kappa shape index (κ1) is 11.2. The molecule has 1 aromatic carbocycles. The van der Waals surface area contributed by atoms with Crippen LogP contribution in [0.15, 0.2) is 30.9 Å². The Morgan fingerprint density at radius 3 is 2.72 bits per heavy atom. The summed E-state index contributed by atoms with van der Waals surface area (Å²) in [5.74, 6) is -0.127. The summed E-state index contributed by atoms with van der Waals surface area (Å²) in [5, 5.41) is 10.8. The van der Waals surface area contributed by atoms with E-state index in [1.807, 2.05) is 6.07 Å². The third-order valence-corrected chi connectivity index (χ3v) is 3.15. The molecule has 0 aliphatic heterocycles. The lowest BCUT2D eigenvalue weighted by Crippen LogP contribution is -2.25. The zero-order valence-electron chi connectivity index (χ0n) is 9.51. The Balaban J connectivity index is 1.92. The second-order valence-corrected chi connectivity index (χ2v) is 4.69. The monoisotopic (exact) mass is 262 g/mol. The zero-order chi connectivity index (χ0) is 12.5. The SMILES string of the molecule is O=C(NC1CC1)c1cc(-n2cnnc2)ccc1Cl. The van der Waals surface area contributed by atoms with Gasteiger partial charge in [-0.25, -0.2) is 0 Å². The third-order valence-electron chi connectivity index (χ3n) is 2.82. The van der Waals surface area contributed by atoms with Gasteiger partial charge in [-0.15, -0.1) is 10.2 Å². The van der Waals surface area contributed by atoms with Crippen LogP contribution >= 0.6 is 11.6 Å². The number of rotatable bonds is 3. The Labute approximate surface area is 109 Å². The number of carbonyl (C=O) groups excluding carboxylic acids is 1. The van der Waals surface area contributed by atoms with Gasteiger partial charge in [-0.1, -0.05) is 11.6 Å². The van der Waals surface area contributed by atoms with E-state index in [0.29, 0.717) is 16.6 Å². The molecule has 92 valence electrons. The molecule has 0 radical (unpaired) electrons. The topological polar surface area (TPSA) is 59.8 Å². The van der Waals surface area contributed by atoms with E-state index < -0.39 is 0 Å². The van der Waals surface area contributed by atoms with Crippen molar-refractivity contribution in [3.05, 3.63) is 41.4 Å². The molecule has 6 heteroatoms. The van der Waals surface area contributed by atoms with Crippen molar-refractivity contribution in [3.63, 3.8) is 0 Å². The van der Waals surface area contributed by atoms with Crippen LogP contribution in [-0.4, -0.2) is 26.7 Å². The second kappa shape index (κ2) is 4.42. The molecule has 5 nitrogen and oxygen atoms in total. The first-order chi connectivity index (χ1) is 8.74. The average molecular weight is 263 g/mol. The van der Waals surface area contributed by atoms with E-state index in [1.165, 1.54) is 0 Å². The predicted octanol–water partition coefficient (Wildman–Crippen LogP) is 1.81. The quantitative estimate of drug-likeness (QED) is 0.918. The Morgan fingerprint density at radius 1 is 1.33 bits per heavy atom. The summed E-state index contributed by atoms with van der Waals surface area (Å²) in [4.78, 5) is 12.0. The number of hydrogen-bond acceptors (Lipinski definition) is 3. The van der Waals surface area contributed by atoms with Crippen LogP contribution in [0, 0.1) is 0 Å². The van der Waals surface area contributed by atoms with Crippen molar-refractivity contribution in [2.45, 2.75) is 18.9 Å². The lowest BCUT2D eigenvalue weighted by Gasteiger charge is -2.08. The predicted molar refractivity (Wildman–Crippen MR) is 66.9 cm³/mol. The summed E-state index contributed by atoms with van der Waals surface area (Å²) in [6.07, 6.45) is 5.25. The van der Waals surface area contributed by atoms with Crippen LogP contribution in [0.1, 0.15) is 23.2 Å². The molecular formula is C12H11ClN4O. The van der Waals surface area contributed by atoms with Crippen molar-refractivity contribution in [2.24, 2.45) is 0 Å². The normalized spacial score (nSPS) is 14.5. The number of nitrogens with zero attached hydrogens (tertiary/aromatic N) is 3. The largest absolute Gasteiger partial charge is 0.349 e. The fourth-order valence-corrected chi connectivity index (χ4v) is 1.88. The van der Waals surface area contributed by atoms with Crippen molar-refractivity contribution in [3.8, 4) is 5.69 Å². The fourth-order valence-electron chi connectivity index (χ4n) is 1.67. The average Bonchev–Trinajstić information content (AvgIpc) is 3.01. The van der Waals surface area contributed by atoms with Crippen LogP contribution in [0.4, 0.5) is 0 Å². The zero-order valence-corrected chi connectivity index (χ0v) is 10.3. The number of carbonyl (C=O) groups is 1. The van der Waals surface area contributed by atoms with E-state index in [9.17, 15) is 4.79 Å². The summed E-state index contributed by atoms with van der Waals surface area (Å²) < 4.78 is 1.73. The molecule has 1 aliphatic carbocycles. The van der Waals surface area contributed by atoms with E-state index in [1.54, 1.807) is 29.4 Å². The van der Waals surface area contributed by atoms with Gasteiger partial charge in [0.15, 0.2) is 0 Å². The fraction of sp³-hybridized carbons (Fsp3) is 0.250. The number of nitrogens with one attached hydrogen (secondary N) is 1. The molecule has 0 spiro atoms.